The number of nitrogens with zero attached hydrogens (tertiary/aromatic N) is 4. The molecule has 0 amide bonds. The van der Waals surface area contributed by atoms with E-state index in [1.807, 2.05) is 35.2 Å². The summed E-state index contributed by atoms with van der Waals surface area (Å²) >= 11 is 6.28. The number of ether oxygens (including phenoxy) is 2. The van der Waals surface area contributed by atoms with E-state index < -0.39 is 0 Å². The highest BCUT2D eigenvalue weighted by Gasteiger charge is 2.20. The van der Waals surface area contributed by atoms with Crippen molar-refractivity contribution in [3.63, 3.8) is 0 Å². The van der Waals surface area contributed by atoms with E-state index in [1.165, 1.54) is 7.11 Å². The van der Waals surface area contributed by atoms with Crippen LogP contribution in [0, 0.1) is 0 Å². The summed E-state index contributed by atoms with van der Waals surface area (Å²) in [6, 6.07) is 9.58. The van der Waals surface area contributed by atoms with Crippen molar-refractivity contribution in [2.75, 3.05) is 38.3 Å². The number of methoxy groups -OCH3 is 1. The molecule has 2 N–H and O–H groups in total. The molecule has 2 aromatic rings. The van der Waals surface area contributed by atoms with Crippen molar-refractivity contribution in [2.45, 2.75) is 0 Å². The summed E-state index contributed by atoms with van der Waals surface area (Å²) in [6.45, 7) is 2.64. The Hall–Kier alpha value is -2.64. The molecule has 2 heterocycles. The van der Waals surface area contributed by atoms with Crippen LogP contribution in [-0.2, 0) is 4.74 Å². The van der Waals surface area contributed by atoms with Crippen LogP contribution in [0.4, 0.5) is 11.6 Å². The fourth-order valence-electron chi connectivity index (χ4n) is 2.49. The van der Waals surface area contributed by atoms with E-state index in [0.717, 1.165) is 5.69 Å². The van der Waals surface area contributed by atoms with Crippen LogP contribution < -0.4 is 15.4 Å². The molecule has 1 aromatic carbocycles. The molecule has 0 atom stereocenters. The number of anilines is 1. The number of para-hydroxylation sites is 1. The van der Waals surface area contributed by atoms with Crippen molar-refractivity contribution < 1.29 is 9.47 Å². The molecule has 0 aliphatic carbocycles. The third-order valence-electron chi connectivity index (χ3n) is 3.82. The Kier molecular flexibility index (Phi) is 6.04. The third-order valence-corrected chi connectivity index (χ3v) is 4.07. The molecule has 0 radical (unpaired) electrons. The van der Waals surface area contributed by atoms with Gasteiger partial charge in [0.15, 0.2) is 10.9 Å². The van der Waals surface area contributed by atoms with Gasteiger partial charge in [0.25, 0.3) is 0 Å². The number of hydrogen-bond donors (Lipinski definition) is 1. The fourth-order valence-corrected chi connectivity index (χ4v) is 2.73. The van der Waals surface area contributed by atoms with Crippen molar-refractivity contribution in [3.8, 4) is 5.75 Å². The Bertz CT molecular complexity index is 805. The second kappa shape index (κ2) is 8.64. The zero-order valence-electron chi connectivity index (χ0n) is 14.4. The minimum atomic E-state index is 0.218. The van der Waals surface area contributed by atoms with Gasteiger partial charge in [-0.3, -0.25) is 4.99 Å². The molecule has 0 unspecified atom stereocenters. The lowest BCUT2D eigenvalue weighted by Crippen LogP contribution is -2.37. The zero-order chi connectivity index (χ0) is 18.4. The van der Waals surface area contributed by atoms with E-state index in [1.54, 1.807) is 12.3 Å². The molecule has 1 aliphatic rings. The van der Waals surface area contributed by atoms with Crippen LogP contribution in [0.3, 0.4) is 0 Å². The number of allylic oxidation sites excluding steroid dienone is 1. The van der Waals surface area contributed by atoms with Crippen molar-refractivity contribution in [3.05, 3.63) is 47.3 Å². The van der Waals surface area contributed by atoms with Gasteiger partial charge < -0.3 is 20.1 Å². The summed E-state index contributed by atoms with van der Waals surface area (Å²) in [5, 5.41) is 0.218. The summed E-state index contributed by atoms with van der Waals surface area (Å²) in [5.41, 5.74) is 7.86. The maximum atomic E-state index is 6.28. The van der Waals surface area contributed by atoms with Crippen LogP contribution in [0.1, 0.15) is 5.69 Å². The van der Waals surface area contributed by atoms with Crippen LogP contribution in [-0.4, -0.2) is 49.6 Å². The number of nitrogens with two attached hydrogens (primary N) is 1. The minimum Gasteiger partial charge on any atom is -0.491 e. The van der Waals surface area contributed by atoms with Crippen molar-refractivity contribution in [1.29, 1.82) is 0 Å². The topological polar surface area (TPSA) is 85.9 Å². The highest BCUT2D eigenvalue weighted by atomic mass is 35.5. The van der Waals surface area contributed by atoms with E-state index in [0.29, 0.717) is 49.4 Å². The van der Waals surface area contributed by atoms with E-state index in [4.69, 9.17) is 26.8 Å². The lowest BCUT2D eigenvalue weighted by Gasteiger charge is -2.27. The molecule has 1 saturated heterocycles. The molecule has 26 heavy (non-hydrogen) atoms. The second-order valence-corrected chi connectivity index (χ2v) is 5.89. The predicted molar refractivity (Wildman–Crippen MR) is 103 cm³/mol. The van der Waals surface area contributed by atoms with Gasteiger partial charge >= 0.3 is 0 Å². The zero-order valence-corrected chi connectivity index (χ0v) is 15.2. The standard InChI is InChI=1S/C18H20ClN5O2/c1-25-16-15(14(20)7-8-21-13-5-3-2-4-6-13)22-18(23-17(16)19)24-9-11-26-12-10-24/h2-8H,9-12,20H2,1H3. The monoisotopic (exact) mass is 373 g/mol. The molecule has 1 aliphatic heterocycles. The van der Waals surface area contributed by atoms with Crippen LogP contribution >= 0.6 is 11.6 Å². The maximum Gasteiger partial charge on any atom is 0.227 e. The molecular formula is C18H20ClN5O2. The van der Waals surface area contributed by atoms with E-state index in [-0.39, 0.29) is 5.15 Å². The van der Waals surface area contributed by atoms with Gasteiger partial charge in [0.05, 0.1) is 31.7 Å². The van der Waals surface area contributed by atoms with E-state index in [2.05, 4.69) is 15.0 Å². The molecule has 7 nitrogen and oxygen atoms in total. The number of halogens is 1. The fraction of sp³-hybridized carbons (Fsp3) is 0.278. The first-order chi connectivity index (χ1) is 12.7. The molecule has 3 rings (SSSR count). The minimum absolute atomic E-state index is 0.218. The second-order valence-electron chi connectivity index (χ2n) is 5.53. The van der Waals surface area contributed by atoms with Gasteiger partial charge in [-0.05, 0) is 18.2 Å². The Morgan fingerprint density at radius 1 is 1.27 bits per heavy atom. The quantitative estimate of drug-likeness (QED) is 0.640. The van der Waals surface area contributed by atoms with Crippen LogP contribution in [0.2, 0.25) is 5.15 Å². The lowest BCUT2D eigenvalue weighted by molar-refractivity contribution is 0.122. The number of rotatable bonds is 5. The molecule has 0 spiro atoms. The Morgan fingerprint density at radius 3 is 2.69 bits per heavy atom. The van der Waals surface area contributed by atoms with Gasteiger partial charge in [-0.2, -0.15) is 4.98 Å². The van der Waals surface area contributed by atoms with Crippen LogP contribution in [0.5, 0.6) is 5.75 Å². The first-order valence-electron chi connectivity index (χ1n) is 8.18. The van der Waals surface area contributed by atoms with E-state index in [9.17, 15) is 0 Å². The number of aromatic nitrogens is 2. The molecular weight excluding hydrogens is 354 g/mol. The maximum absolute atomic E-state index is 6.28. The lowest BCUT2D eigenvalue weighted by atomic mass is 10.2. The number of hydrogen-bond acceptors (Lipinski definition) is 7. The van der Waals surface area contributed by atoms with Gasteiger partial charge in [-0.15, -0.1) is 0 Å². The molecule has 1 aromatic heterocycles. The van der Waals surface area contributed by atoms with Crippen molar-refractivity contribution >= 4 is 35.1 Å². The third kappa shape index (κ3) is 4.30. The number of morpholine rings is 1. The molecule has 1 fully saturated rings. The highest BCUT2D eigenvalue weighted by Crippen LogP contribution is 2.31. The highest BCUT2D eigenvalue weighted by molar-refractivity contribution is 6.31. The van der Waals surface area contributed by atoms with E-state index >= 15 is 0 Å². The van der Waals surface area contributed by atoms with Gasteiger partial charge in [0, 0.05) is 19.3 Å². The van der Waals surface area contributed by atoms with Crippen LogP contribution in [0.25, 0.3) is 5.70 Å². The molecule has 0 saturated carbocycles. The first-order valence-corrected chi connectivity index (χ1v) is 8.56. The Labute approximate surface area is 157 Å². The van der Waals surface area contributed by atoms with Gasteiger partial charge in [-0.25, -0.2) is 4.98 Å². The van der Waals surface area contributed by atoms with Gasteiger partial charge in [0.1, 0.15) is 5.69 Å². The van der Waals surface area contributed by atoms with Gasteiger partial charge in [0.2, 0.25) is 5.95 Å². The normalized spacial score (nSPS) is 15.5. The molecule has 8 heteroatoms. The number of aliphatic imine (C=N–C) groups is 1. The number of benzene rings is 1. The Balaban J connectivity index is 1.89. The van der Waals surface area contributed by atoms with Crippen molar-refractivity contribution in [1.82, 2.24) is 9.97 Å². The smallest absolute Gasteiger partial charge is 0.227 e. The summed E-state index contributed by atoms with van der Waals surface area (Å²) < 4.78 is 10.7. The summed E-state index contributed by atoms with van der Waals surface area (Å²) in [4.78, 5) is 15.2. The summed E-state index contributed by atoms with van der Waals surface area (Å²) in [5.74, 6) is 0.844. The molecule has 136 valence electrons. The Morgan fingerprint density at radius 2 is 2.00 bits per heavy atom. The summed E-state index contributed by atoms with van der Waals surface area (Å²) in [6.07, 6.45) is 3.28. The van der Waals surface area contributed by atoms with Crippen LogP contribution in [0.15, 0.2) is 41.4 Å². The predicted octanol–water partition coefficient (Wildman–Crippen LogP) is 2.68. The molecule has 0 bridgehead atoms. The average Bonchev–Trinajstić information content (AvgIpc) is 2.68. The summed E-state index contributed by atoms with van der Waals surface area (Å²) in [7, 11) is 1.51. The first kappa shape index (κ1) is 18.2. The van der Waals surface area contributed by atoms with Gasteiger partial charge in [-0.1, -0.05) is 29.8 Å². The largest absolute Gasteiger partial charge is 0.491 e. The van der Waals surface area contributed by atoms with Crippen molar-refractivity contribution in [2.24, 2.45) is 10.7 Å². The average molecular weight is 374 g/mol. The SMILES string of the molecule is COc1c(Cl)nc(N2CCOCC2)nc1C(N)=CC=Nc1ccccc1.